The van der Waals surface area contributed by atoms with Crippen LogP contribution in [-0.2, 0) is 6.42 Å². The molecule has 1 atom stereocenters. The summed E-state index contributed by atoms with van der Waals surface area (Å²) < 4.78 is 5.71. The molecular formula is C18H23NO. The van der Waals surface area contributed by atoms with E-state index in [1.165, 1.54) is 11.1 Å². The summed E-state index contributed by atoms with van der Waals surface area (Å²) in [6.07, 6.45) is 0.951. The monoisotopic (exact) mass is 269 g/mol. The van der Waals surface area contributed by atoms with Crippen LogP contribution < -0.4 is 10.5 Å². The van der Waals surface area contributed by atoms with Gasteiger partial charge in [-0.2, -0.15) is 0 Å². The van der Waals surface area contributed by atoms with E-state index in [0.717, 1.165) is 12.2 Å². The second kappa shape index (κ2) is 7.11. The lowest BCUT2D eigenvalue weighted by Gasteiger charge is -2.16. The van der Waals surface area contributed by atoms with Crippen molar-refractivity contribution < 1.29 is 4.74 Å². The molecule has 2 N–H and O–H groups in total. The van der Waals surface area contributed by atoms with Crippen molar-refractivity contribution in [1.29, 1.82) is 0 Å². The molecule has 0 radical (unpaired) electrons. The quantitative estimate of drug-likeness (QED) is 0.869. The molecule has 0 fully saturated rings. The van der Waals surface area contributed by atoms with Crippen molar-refractivity contribution in [2.45, 2.75) is 26.3 Å². The second-order valence-corrected chi connectivity index (χ2v) is 5.53. The minimum atomic E-state index is 0.0824. The molecule has 106 valence electrons. The first-order valence-electron chi connectivity index (χ1n) is 7.16. The first-order valence-corrected chi connectivity index (χ1v) is 7.16. The minimum absolute atomic E-state index is 0.0824. The molecule has 0 spiro atoms. The molecule has 1 unspecified atom stereocenters. The van der Waals surface area contributed by atoms with E-state index in [0.29, 0.717) is 12.5 Å². The number of ether oxygens (including phenoxy) is 1. The number of nitrogens with two attached hydrogens (primary N) is 1. The molecular weight excluding hydrogens is 246 g/mol. The summed E-state index contributed by atoms with van der Waals surface area (Å²) in [4.78, 5) is 0. The van der Waals surface area contributed by atoms with Crippen LogP contribution >= 0.6 is 0 Å². The zero-order valence-corrected chi connectivity index (χ0v) is 12.3. The molecule has 2 rings (SSSR count). The van der Waals surface area contributed by atoms with Gasteiger partial charge in [-0.05, 0) is 35.6 Å². The second-order valence-electron chi connectivity index (χ2n) is 5.53. The van der Waals surface area contributed by atoms with E-state index in [2.05, 4.69) is 50.2 Å². The Morgan fingerprint density at radius 1 is 0.900 bits per heavy atom. The van der Waals surface area contributed by atoms with Crippen LogP contribution in [-0.4, -0.2) is 12.6 Å². The predicted octanol–water partition coefficient (Wildman–Crippen LogP) is 3.64. The van der Waals surface area contributed by atoms with Gasteiger partial charge in [-0.3, -0.25) is 0 Å². The van der Waals surface area contributed by atoms with Gasteiger partial charge < -0.3 is 10.5 Å². The fraction of sp³-hybridized carbons (Fsp3) is 0.333. The Morgan fingerprint density at radius 2 is 1.50 bits per heavy atom. The van der Waals surface area contributed by atoms with Crippen LogP contribution in [0.5, 0.6) is 5.75 Å². The standard InChI is InChI=1S/C18H23NO/c1-14(2)18(19)13-20-17-10-8-16(9-11-17)12-15-6-4-3-5-7-15/h3-11,14,18H,12-13,19H2,1-2H3. The van der Waals surface area contributed by atoms with Crippen LogP contribution in [0.4, 0.5) is 0 Å². The lowest BCUT2D eigenvalue weighted by atomic mass is 10.1. The summed E-state index contributed by atoms with van der Waals surface area (Å²) in [5.74, 6) is 1.32. The molecule has 2 aromatic carbocycles. The van der Waals surface area contributed by atoms with Gasteiger partial charge in [-0.25, -0.2) is 0 Å². The Hall–Kier alpha value is -1.80. The van der Waals surface area contributed by atoms with Crippen LogP contribution in [0.2, 0.25) is 0 Å². The van der Waals surface area contributed by atoms with Crippen LogP contribution in [0.15, 0.2) is 54.6 Å². The third kappa shape index (κ3) is 4.39. The lowest BCUT2D eigenvalue weighted by Crippen LogP contribution is -2.32. The van der Waals surface area contributed by atoms with E-state index in [1.54, 1.807) is 0 Å². The van der Waals surface area contributed by atoms with Gasteiger partial charge in [0.1, 0.15) is 12.4 Å². The van der Waals surface area contributed by atoms with Crippen molar-refractivity contribution in [1.82, 2.24) is 0 Å². The fourth-order valence-corrected chi connectivity index (χ4v) is 1.92. The maximum Gasteiger partial charge on any atom is 0.119 e. The number of benzene rings is 2. The van der Waals surface area contributed by atoms with Gasteiger partial charge in [0.05, 0.1) is 0 Å². The van der Waals surface area contributed by atoms with Gasteiger partial charge in [0.15, 0.2) is 0 Å². The number of hydrogen-bond donors (Lipinski definition) is 1. The Morgan fingerprint density at radius 3 is 2.10 bits per heavy atom. The molecule has 20 heavy (non-hydrogen) atoms. The molecule has 2 aromatic rings. The maximum atomic E-state index is 5.97. The summed E-state index contributed by atoms with van der Waals surface area (Å²) in [6, 6.07) is 18.8. The molecule has 0 aromatic heterocycles. The van der Waals surface area contributed by atoms with Crippen LogP contribution in [0.3, 0.4) is 0 Å². The van der Waals surface area contributed by atoms with Crippen molar-refractivity contribution >= 4 is 0 Å². The molecule has 0 heterocycles. The Balaban J connectivity index is 1.90. The SMILES string of the molecule is CC(C)C(N)COc1ccc(Cc2ccccc2)cc1. The van der Waals surface area contributed by atoms with Gasteiger partial charge in [0.25, 0.3) is 0 Å². The molecule has 0 aliphatic heterocycles. The summed E-state index contributed by atoms with van der Waals surface area (Å²) in [5.41, 5.74) is 8.58. The average molecular weight is 269 g/mol. The highest BCUT2D eigenvalue weighted by Crippen LogP contribution is 2.15. The number of hydrogen-bond acceptors (Lipinski definition) is 2. The van der Waals surface area contributed by atoms with Crippen LogP contribution in [0.25, 0.3) is 0 Å². The lowest BCUT2D eigenvalue weighted by molar-refractivity contribution is 0.259. The molecule has 2 heteroatoms. The summed E-state index contributed by atoms with van der Waals surface area (Å²) in [7, 11) is 0. The van der Waals surface area contributed by atoms with Crippen molar-refractivity contribution in [3.63, 3.8) is 0 Å². The van der Waals surface area contributed by atoms with E-state index in [4.69, 9.17) is 10.5 Å². The van der Waals surface area contributed by atoms with Gasteiger partial charge in [-0.15, -0.1) is 0 Å². The first-order chi connectivity index (χ1) is 9.65. The molecule has 0 amide bonds. The number of rotatable bonds is 6. The van der Waals surface area contributed by atoms with Crippen molar-refractivity contribution in [3.8, 4) is 5.75 Å². The summed E-state index contributed by atoms with van der Waals surface area (Å²) >= 11 is 0. The zero-order chi connectivity index (χ0) is 14.4. The van der Waals surface area contributed by atoms with Crippen LogP contribution in [0, 0.1) is 5.92 Å². The minimum Gasteiger partial charge on any atom is -0.492 e. The topological polar surface area (TPSA) is 35.2 Å². The highest BCUT2D eigenvalue weighted by atomic mass is 16.5. The average Bonchev–Trinajstić information content (AvgIpc) is 2.47. The van der Waals surface area contributed by atoms with Crippen molar-refractivity contribution in [3.05, 3.63) is 65.7 Å². The molecule has 2 nitrogen and oxygen atoms in total. The van der Waals surface area contributed by atoms with Crippen LogP contribution in [0.1, 0.15) is 25.0 Å². The molecule has 0 bridgehead atoms. The van der Waals surface area contributed by atoms with E-state index in [9.17, 15) is 0 Å². The normalized spacial score (nSPS) is 12.4. The van der Waals surface area contributed by atoms with Gasteiger partial charge in [0.2, 0.25) is 0 Å². The third-order valence-electron chi connectivity index (χ3n) is 3.47. The van der Waals surface area contributed by atoms with Crippen molar-refractivity contribution in [2.75, 3.05) is 6.61 Å². The van der Waals surface area contributed by atoms with Crippen molar-refractivity contribution in [2.24, 2.45) is 11.7 Å². The Labute approximate surface area is 121 Å². The largest absolute Gasteiger partial charge is 0.492 e. The van der Waals surface area contributed by atoms with E-state index < -0.39 is 0 Å². The summed E-state index contributed by atoms with van der Waals surface area (Å²) in [6.45, 7) is 4.78. The maximum absolute atomic E-state index is 5.97. The molecule has 0 saturated heterocycles. The molecule has 0 aliphatic rings. The predicted molar refractivity (Wildman–Crippen MR) is 84.0 cm³/mol. The first kappa shape index (κ1) is 14.6. The Bertz CT molecular complexity index is 505. The van der Waals surface area contributed by atoms with E-state index in [-0.39, 0.29) is 6.04 Å². The van der Waals surface area contributed by atoms with Gasteiger partial charge in [0, 0.05) is 6.04 Å². The highest BCUT2D eigenvalue weighted by Gasteiger charge is 2.08. The highest BCUT2D eigenvalue weighted by molar-refractivity contribution is 5.31. The fourth-order valence-electron chi connectivity index (χ4n) is 1.92. The summed E-state index contributed by atoms with van der Waals surface area (Å²) in [5, 5.41) is 0. The third-order valence-corrected chi connectivity index (χ3v) is 3.47. The Kier molecular flexibility index (Phi) is 5.19. The molecule has 0 saturated carbocycles. The zero-order valence-electron chi connectivity index (χ0n) is 12.3. The van der Waals surface area contributed by atoms with E-state index in [1.807, 2.05) is 18.2 Å². The molecule has 0 aliphatic carbocycles. The smallest absolute Gasteiger partial charge is 0.119 e. The van der Waals surface area contributed by atoms with Gasteiger partial charge >= 0.3 is 0 Å². The van der Waals surface area contributed by atoms with Gasteiger partial charge in [-0.1, -0.05) is 56.3 Å². The van der Waals surface area contributed by atoms with E-state index >= 15 is 0 Å².